The molecule has 0 atom stereocenters. The number of nitrogens with zero attached hydrogens (tertiary/aromatic N) is 4. The topological polar surface area (TPSA) is 97.3 Å². The molecule has 0 spiro atoms. The third-order valence-corrected chi connectivity index (χ3v) is 3.50. The summed E-state index contributed by atoms with van der Waals surface area (Å²) in [5.41, 5.74) is 1.95. The summed E-state index contributed by atoms with van der Waals surface area (Å²) >= 11 is 0. The average Bonchev–Trinajstić information content (AvgIpc) is 2.94. The molecule has 7 nitrogen and oxygen atoms in total. The Balaban J connectivity index is 2.26. The van der Waals surface area contributed by atoms with Crippen molar-refractivity contribution < 1.29 is 12.7 Å². The SMILES string of the molecule is CS(=O)(=O)ON=C(C#N)c1nc2ccccc2n1-c1ccccc1. The fourth-order valence-corrected chi connectivity index (χ4v) is 2.45. The zero-order chi connectivity index (χ0) is 17.2. The zero-order valence-electron chi connectivity index (χ0n) is 12.6. The minimum Gasteiger partial charge on any atom is -0.290 e. The first-order valence-electron chi connectivity index (χ1n) is 6.89. The summed E-state index contributed by atoms with van der Waals surface area (Å²) in [5, 5.41) is 12.8. The van der Waals surface area contributed by atoms with E-state index in [4.69, 9.17) is 0 Å². The molecule has 24 heavy (non-hydrogen) atoms. The van der Waals surface area contributed by atoms with Gasteiger partial charge in [0, 0.05) is 5.69 Å². The predicted octanol–water partition coefficient (Wildman–Crippen LogP) is 2.23. The fraction of sp³-hybridized carbons (Fsp3) is 0.0625. The van der Waals surface area contributed by atoms with Gasteiger partial charge in [0.1, 0.15) is 6.07 Å². The first-order chi connectivity index (χ1) is 11.5. The van der Waals surface area contributed by atoms with Crippen molar-refractivity contribution in [2.24, 2.45) is 5.16 Å². The summed E-state index contributed by atoms with van der Waals surface area (Å²) in [6.45, 7) is 0. The van der Waals surface area contributed by atoms with Crippen LogP contribution in [0.5, 0.6) is 0 Å². The van der Waals surface area contributed by atoms with Gasteiger partial charge in [-0.2, -0.15) is 13.7 Å². The molecule has 0 radical (unpaired) electrons. The van der Waals surface area contributed by atoms with Crippen LogP contribution >= 0.6 is 0 Å². The van der Waals surface area contributed by atoms with Crippen LogP contribution in [0.3, 0.4) is 0 Å². The van der Waals surface area contributed by atoms with E-state index in [-0.39, 0.29) is 11.5 Å². The van der Waals surface area contributed by atoms with Crippen molar-refractivity contribution in [2.75, 3.05) is 6.26 Å². The highest BCUT2D eigenvalue weighted by Crippen LogP contribution is 2.22. The van der Waals surface area contributed by atoms with Gasteiger partial charge in [0.2, 0.25) is 5.71 Å². The van der Waals surface area contributed by atoms with E-state index >= 15 is 0 Å². The lowest BCUT2D eigenvalue weighted by atomic mass is 10.2. The highest BCUT2D eigenvalue weighted by Gasteiger charge is 2.18. The molecule has 0 aliphatic heterocycles. The van der Waals surface area contributed by atoms with Gasteiger partial charge in [-0.3, -0.25) is 8.85 Å². The highest BCUT2D eigenvalue weighted by molar-refractivity contribution is 7.85. The summed E-state index contributed by atoms with van der Waals surface area (Å²) in [7, 11) is -3.82. The van der Waals surface area contributed by atoms with Crippen LogP contribution in [0.15, 0.2) is 59.8 Å². The summed E-state index contributed by atoms with van der Waals surface area (Å²) < 4.78 is 28.4. The Morgan fingerprint density at radius 2 is 1.83 bits per heavy atom. The van der Waals surface area contributed by atoms with Crippen LogP contribution in [0, 0.1) is 11.3 Å². The van der Waals surface area contributed by atoms with Gasteiger partial charge in [0.15, 0.2) is 5.82 Å². The van der Waals surface area contributed by atoms with Crippen molar-refractivity contribution >= 4 is 26.9 Å². The van der Waals surface area contributed by atoms with Crippen molar-refractivity contribution in [3.63, 3.8) is 0 Å². The molecule has 3 aromatic rings. The molecule has 0 aliphatic rings. The van der Waals surface area contributed by atoms with E-state index in [0.717, 1.165) is 17.5 Å². The van der Waals surface area contributed by atoms with Crippen LogP contribution < -0.4 is 0 Å². The van der Waals surface area contributed by atoms with Gasteiger partial charge < -0.3 is 0 Å². The van der Waals surface area contributed by atoms with Crippen molar-refractivity contribution in [1.82, 2.24) is 9.55 Å². The minimum atomic E-state index is -3.82. The Labute approximate surface area is 138 Å². The number of aromatic nitrogens is 2. The molecule has 0 saturated carbocycles. The van der Waals surface area contributed by atoms with E-state index in [2.05, 4.69) is 14.4 Å². The molecule has 120 valence electrons. The summed E-state index contributed by atoms with van der Waals surface area (Å²) in [6.07, 6.45) is 0.853. The van der Waals surface area contributed by atoms with Crippen molar-refractivity contribution in [3.05, 3.63) is 60.4 Å². The Morgan fingerprint density at radius 1 is 1.17 bits per heavy atom. The second-order valence-electron chi connectivity index (χ2n) is 4.93. The van der Waals surface area contributed by atoms with Gasteiger partial charge in [-0.05, 0) is 24.3 Å². The molecule has 1 heterocycles. The maximum Gasteiger partial charge on any atom is 0.325 e. The van der Waals surface area contributed by atoms with Crippen LogP contribution in [0.1, 0.15) is 5.82 Å². The van der Waals surface area contributed by atoms with Crippen molar-refractivity contribution in [2.45, 2.75) is 0 Å². The molecule has 0 fully saturated rings. The van der Waals surface area contributed by atoms with Gasteiger partial charge in [-0.25, -0.2) is 4.98 Å². The second kappa shape index (κ2) is 6.14. The van der Waals surface area contributed by atoms with Crippen molar-refractivity contribution in [3.8, 4) is 11.8 Å². The number of hydrogen-bond donors (Lipinski definition) is 0. The monoisotopic (exact) mass is 340 g/mol. The van der Waals surface area contributed by atoms with Crippen LogP contribution in [-0.4, -0.2) is 29.9 Å². The molecule has 8 heteroatoms. The molecule has 0 bridgehead atoms. The molecule has 3 rings (SSSR count). The molecular formula is C16H12N4O3S. The van der Waals surface area contributed by atoms with Gasteiger partial charge in [0.05, 0.1) is 17.3 Å². The lowest BCUT2D eigenvalue weighted by Crippen LogP contribution is -2.10. The lowest BCUT2D eigenvalue weighted by molar-refractivity contribution is 0.343. The smallest absolute Gasteiger partial charge is 0.290 e. The normalized spacial score (nSPS) is 12.1. The van der Waals surface area contributed by atoms with E-state index in [9.17, 15) is 13.7 Å². The molecule has 1 aromatic heterocycles. The molecule has 2 aromatic carbocycles. The molecular weight excluding hydrogens is 328 g/mol. The van der Waals surface area contributed by atoms with Crippen LogP contribution in [0.2, 0.25) is 0 Å². The van der Waals surface area contributed by atoms with E-state index < -0.39 is 10.1 Å². The average molecular weight is 340 g/mol. The zero-order valence-corrected chi connectivity index (χ0v) is 13.4. The third kappa shape index (κ3) is 3.11. The number of imidazole rings is 1. The van der Waals surface area contributed by atoms with E-state index in [1.807, 2.05) is 54.6 Å². The number of nitriles is 1. The standard InChI is InChI=1S/C16H12N4O3S/c1-24(21,22)23-19-14(11-17)16-18-13-9-5-6-10-15(13)20(16)12-7-3-2-4-8-12/h2-10H,1H3. The fourth-order valence-electron chi connectivity index (χ4n) is 2.24. The number of hydrogen-bond acceptors (Lipinski definition) is 6. The summed E-state index contributed by atoms with van der Waals surface area (Å²) in [5.74, 6) is 0.202. The number of rotatable bonds is 4. The van der Waals surface area contributed by atoms with Crippen LogP contribution in [-0.2, 0) is 14.4 Å². The number of fused-ring (bicyclic) bond motifs is 1. The van der Waals surface area contributed by atoms with Gasteiger partial charge in [0.25, 0.3) is 0 Å². The lowest BCUT2D eigenvalue weighted by Gasteiger charge is -2.07. The van der Waals surface area contributed by atoms with Gasteiger partial charge in [-0.15, -0.1) is 0 Å². The van der Waals surface area contributed by atoms with E-state index in [0.29, 0.717) is 5.52 Å². The Morgan fingerprint density at radius 3 is 2.50 bits per heavy atom. The molecule has 0 amide bonds. The molecule has 0 saturated heterocycles. The quantitative estimate of drug-likeness (QED) is 0.536. The van der Waals surface area contributed by atoms with Gasteiger partial charge >= 0.3 is 10.1 Å². The summed E-state index contributed by atoms with van der Waals surface area (Å²) in [4.78, 5) is 4.40. The van der Waals surface area contributed by atoms with Crippen LogP contribution in [0.25, 0.3) is 16.7 Å². The number of benzene rings is 2. The number of oxime groups is 1. The minimum absolute atomic E-state index is 0.202. The predicted molar refractivity (Wildman–Crippen MR) is 89.1 cm³/mol. The molecule has 0 aliphatic carbocycles. The Bertz CT molecular complexity index is 1060. The first kappa shape index (κ1) is 15.7. The Hall–Kier alpha value is -3.18. The van der Waals surface area contributed by atoms with Gasteiger partial charge in [-0.1, -0.05) is 35.5 Å². The highest BCUT2D eigenvalue weighted by atomic mass is 32.2. The van der Waals surface area contributed by atoms with Crippen LogP contribution in [0.4, 0.5) is 0 Å². The van der Waals surface area contributed by atoms with E-state index in [1.165, 1.54) is 0 Å². The van der Waals surface area contributed by atoms with E-state index in [1.54, 1.807) is 10.6 Å². The largest absolute Gasteiger partial charge is 0.325 e. The maximum absolute atomic E-state index is 11.1. The summed E-state index contributed by atoms with van der Waals surface area (Å²) in [6, 6.07) is 18.4. The first-order valence-corrected chi connectivity index (χ1v) is 8.71. The molecule has 0 N–H and O–H groups in total. The Kier molecular flexibility index (Phi) is 4.02. The third-order valence-electron chi connectivity index (χ3n) is 3.16. The number of para-hydroxylation sites is 3. The second-order valence-corrected chi connectivity index (χ2v) is 6.48. The van der Waals surface area contributed by atoms with Crippen molar-refractivity contribution in [1.29, 1.82) is 5.26 Å². The molecule has 0 unspecified atom stereocenters. The maximum atomic E-state index is 11.1.